The number of rotatable bonds is 3. The average Bonchev–Trinajstić information content (AvgIpc) is 2.48. The zero-order valence-electron chi connectivity index (χ0n) is 5.55. The molecule has 8 heavy (non-hydrogen) atoms. The van der Waals surface area contributed by atoms with E-state index in [2.05, 4.69) is 20.3 Å². The minimum atomic E-state index is 0.574. The lowest BCUT2D eigenvalue weighted by atomic mass is 10.2. The summed E-state index contributed by atoms with van der Waals surface area (Å²) in [6.45, 7) is 4.24. The zero-order chi connectivity index (χ0) is 5.98. The van der Waals surface area contributed by atoms with Gasteiger partial charge in [0.15, 0.2) is 0 Å². The van der Waals surface area contributed by atoms with Gasteiger partial charge in [0.25, 0.3) is 0 Å². The van der Waals surface area contributed by atoms with E-state index in [0.29, 0.717) is 12.2 Å². The Hall–Kier alpha value is -0.0400. The monoisotopic (exact) mass is 113 g/mol. The molecule has 1 aliphatic rings. The smallest absolute Gasteiger partial charge is 0.0844 e. The quantitative estimate of drug-likeness (QED) is 0.508. The predicted molar refractivity (Wildman–Crippen MR) is 33.5 cm³/mol. The molecule has 0 spiro atoms. The van der Waals surface area contributed by atoms with Crippen LogP contribution in [0.2, 0.25) is 0 Å². The number of epoxide rings is 1. The third-order valence-electron chi connectivity index (χ3n) is 1.56. The number of ether oxygens (including phenoxy) is 1. The molecule has 2 atom stereocenters. The third-order valence-corrected chi connectivity index (χ3v) is 1.56. The lowest BCUT2D eigenvalue weighted by molar-refractivity contribution is 0.365. The lowest BCUT2D eigenvalue weighted by Gasteiger charge is -1.83. The molecule has 1 aliphatic heterocycles. The summed E-state index contributed by atoms with van der Waals surface area (Å²) in [6, 6.07) is 0. The van der Waals surface area contributed by atoms with Gasteiger partial charge in [0.2, 0.25) is 0 Å². The van der Waals surface area contributed by atoms with Gasteiger partial charge in [-0.2, -0.15) is 0 Å². The first-order valence-corrected chi connectivity index (χ1v) is 3.31. The van der Waals surface area contributed by atoms with Crippen LogP contribution in [0.15, 0.2) is 0 Å². The van der Waals surface area contributed by atoms with Crippen LogP contribution in [0.1, 0.15) is 26.7 Å². The Morgan fingerprint density at radius 1 is 1.50 bits per heavy atom. The summed E-state index contributed by atoms with van der Waals surface area (Å²) in [6.07, 6.45) is 5.65. The van der Waals surface area contributed by atoms with Gasteiger partial charge in [-0.15, -0.1) is 0 Å². The first-order chi connectivity index (χ1) is 3.88. The topological polar surface area (TPSA) is 12.5 Å². The van der Waals surface area contributed by atoms with Gasteiger partial charge in [0.05, 0.1) is 12.2 Å². The van der Waals surface area contributed by atoms with Crippen molar-refractivity contribution in [2.75, 3.05) is 0 Å². The summed E-state index contributed by atoms with van der Waals surface area (Å²) >= 11 is 0. The lowest BCUT2D eigenvalue weighted by Crippen LogP contribution is -1.89. The Morgan fingerprint density at radius 2 is 2.25 bits per heavy atom. The fourth-order valence-corrected chi connectivity index (χ4v) is 0.978. The molecule has 0 aromatic heterocycles. The molecule has 0 aromatic carbocycles. The van der Waals surface area contributed by atoms with Crippen LogP contribution in [0.4, 0.5) is 0 Å². The Bertz CT molecular complexity index is 70.8. The molecule has 47 valence electrons. The molecule has 1 rings (SSSR count). The second-order valence-corrected chi connectivity index (χ2v) is 2.27. The second-order valence-electron chi connectivity index (χ2n) is 2.27. The van der Waals surface area contributed by atoms with Gasteiger partial charge in [-0.25, -0.2) is 0 Å². The molecule has 0 aliphatic carbocycles. The van der Waals surface area contributed by atoms with Crippen LogP contribution in [0.5, 0.6) is 0 Å². The van der Waals surface area contributed by atoms with Crippen molar-refractivity contribution in [1.82, 2.24) is 0 Å². The minimum absolute atomic E-state index is 0.574. The van der Waals surface area contributed by atoms with Crippen molar-refractivity contribution in [3.8, 4) is 0 Å². The van der Waals surface area contributed by atoms with E-state index in [9.17, 15) is 0 Å². The van der Waals surface area contributed by atoms with Gasteiger partial charge < -0.3 is 4.74 Å². The molecular formula is C7H13O. The highest BCUT2D eigenvalue weighted by molar-refractivity contribution is 4.86. The number of hydrogen-bond acceptors (Lipinski definition) is 1. The number of hydrogen-bond donors (Lipinski definition) is 0. The maximum atomic E-state index is 5.28. The molecule has 0 bridgehead atoms. The van der Waals surface area contributed by atoms with Gasteiger partial charge in [-0.3, -0.25) is 0 Å². The zero-order valence-corrected chi connectivity index (χ0v) is 5.55. The standard InChI is InChI=1S/C7H13O/c1-3-5-7-6(4-2)8-7/h3,6-7H,4-5H2,1-2H3. The predicted octanol–water partition coefficient (Wildman–Crippen LogP) is 1.78. The summed E-state index contributed by atoms with van der Waals surface area (Å²) in [5.41, 5.74) is 0. The van der Waals surface area contributed by atoms with E-state index in [1.807, 2.05) is 0 Å². The minimum Gasteiger partial charge on any atom is -0.370 e. The molecule has 0 amide bonds. The molecule has 1 fully saturated rings. The van der Waals surface area contributed by atoms with E-state index in [4.69, 9.17) is 4.74 Å². The van der Waals surface area contributed by atoms with Crippen LogP contribution in [-0.2, 0) is 4.74 Å². The molecule has 0 N–H and O–H groups in total. The molecule has 1 heterocycles. The maximum absolute atomic E-state index is 5.28. The van der Waals surface area contributed by atoms with Gasteiger partial charge in [0, 0.05) is 0 Å². The molecular weight excluding hydrogens is 100 g/mol. The van der Waals surface area contributed by atoms with Crippen molar-refractivity contribution >= 4 is 0 Å². The van der Waals surface area contributed by atoms with Crippen LogP contribution in [-0.4, -0.2) is 12.2 Å². The van der Waals surface area contributed by atoms with E-state index in [1.54, 1.807) is 0 Å². The average molecular weight is 113 g/mol. The van der Waals surface area contributed by atoms with Gasteiger partial charge in [-0.05, 0) is 19.3 Å². The second kappa shape index (κ2) is 2.49. The summed E-state index contributed by atoms with van der Waals surface area (Å²) < 4.78 is 5.28. The largest absolute Gasteiger partial charge is 0.370 e. The highest BCUT2D eigenvalue weighted by Crippen LogP contribution is 2.28. The summed E-state index contributed by atoms with van der Waals surface area (Å²) in [5, 5.41) is 0. The van der Waals surface area contributed by atoms with Crippen LogP contribution in [0.3, 0.4) is 0 Å². The Balaban J connectivity index is 1.99. The van der Waals surface area contributed by atoms with Crippen molar-refractivity contribution in [3.05, 3.63) is 6.42 Å². The highest BCUT2D eigenvalue weighted by Gasteiger charge is 2.35. The highest BCUT2D eigenvalue weighted by atomic mass is 16.6. The maximum Gasteiger partial charge on any atom is 0.0844 e. The third kappa shape index (κ3) is 1.22. The Kier molecular flexibility index (Phi) is 1.90. The van der Waals surface area contributed by atoms with Crippen molar-refractivity contribution < 1.29 is 4.74 Å². The first kappa shape index (κ1) is 6.09. The molecule has 1 heteroatoms. The van der Waals surface area contributed by atoms with Crippen LogP contribution < -0.4 is 0 Å². The van der Waals surface area contributed by atoms with E-state index >= 15 is 0 Å². The Labute approximate surface area is 51.0 Å². The van der Waals surface area contributed by atoms with Crippen LogP contribution in [0, 0.1) is 6.42 Å². The summed E-state index contributed by atoms with van der Waals surface area (Å²) in [4.78, 5) is 0. The Morgan fingerprint density at radius 3 is 2.62 bits per heavy atom. The fourth-order valence-electron chi connectivity index (χ4n) is 0.978. The summed E-state index contributed by atoms with van der Waals surface area (Å²) in [5.74, 6) is 0. The van der Waals surface area contributed by atoms with Crippen molar-refractivity contribution in [1.29, 1.82) is 0 Å². The molecule has 1 saturated heterocycles. The SMILES string of the molecule is C[CH]CC1OC1CC. The van der Waals surface area contributed by atoms with E-state index in [1.165, 1.54) is 6.42 Å². The van der Waals surface area contributed by atoms with Crippen molar-refractivity contribution in [3.63, 3.8) is 0 Å². The fraction of sp³-hybridized carbons (Fsp3) is 0.857. The van der Waals surface area contributed by atoms with Crippen molar-refractivity contribution in [2.45, 2.75) is 38.9 Å². The normalized spacial score (nSPS) is 35.2. The van der Waals surface area contributed by atoms with E-state index in [-0.39, 0.29) is 0 Å². The van der Waals surface area contributed by atoms with E-state index in [0.717, 1.165) is 6.42 Å². The van der Waals surface area contributed by atoms with Gasteiger partial charge in [-0.1, -0.05) is 13.8 Å². The van der Waals surface area contributed by atoms with Gasteiger partial charge in [0.1, 0.15) is 0 Å². The molecule has 1 radical (unpaired) electrons. The molecule has 1 nitrogen and oxygen atoms in total. The first-order valence-electron chi connectivity index (χ1n) is 3.31. The summed E-state index contributed by atoms with van der Waals surface area (Å²) in [7, 11) is 0. The van der Waals surface area contributed by atoms with Gasteiger partial charge >= 0.3 is 0 Å². The molecule has 0 saturated carbocycles. The molecule has 0 aromatic rings. The molecule has 2 unspecified atom stereocenters. The van der Waals surface area contributed by atoms with Crippen molar-refractivity contribution in [2.24, 2.45) is 0 Å². The van der Waals surface area contributed by atoms with Crippen LogP contribution >= 0.6 is 0 Å². The van der Waals surface area contributed by atoms with E-state index < -0.39 is 0 Å². The van der Waals surface area contributed by atoms with Crippen LogP contribution in [0.25, 0.3) is 0 Å².